The summed E-state index contributed by atoms with van der Waals surface area (Å²) in [5.74, 6) is 0.776. The summed E-state index contributed by atoms with van der Waals surface area (Å²) in [5, 5.41) is 3.53. The lowest BCUT2D eigenvalue weighted by Crippen LogP contribution is -1.96. The summed E-state index contributed by atoms with van der Waals surface area (Å²) < 4.78 is 0. The van der Waals surface area contributed by atoms with Gasteiger partial charge in [-0.25, -0.2) is 0 Å². The van der Waals surface area contributed by atoms with Gasteiger partial charge in [0, 0.05) is 17.3 Å². The number of aryl methyl sites for hydroxylation is 3. The highest BCUT2D eigenvalue weighted by molar-refractivity contribution is 6.17. The summed E-state index contributed by atoms with van der Waals surface area (Å²) in [6, 6.07) is 15.1. The van der Waals surface area contributed by atoms with Crippen molar-refractivity contribution in [2.45, 2.75) is 39.5 Å². The van der Waals surface area contributed by atoms with Crippen molar-refractivity contribution in [1.29, 1.82) is 0 Å². The topological polar surface area (TPSA) is 12.0 Å². The van der Waals surface area contributed by atoms with Crippen molar-refractivity contribution in [3.8, 4) is 0 Å². The van der Waals surface area contributed by atoms with Gasteiger partial charge < -0.3 is 5.32 Å². The van der Waals surface area contributed by atoms with Gasteiger partial charge in [-0.15, -0.1) is 11.6 Å². The Labute approximate surface area is 133 Å². The van der Waals surface area contributed by atoms with Crippen molar-refractivity contribution in [2.24, 2.45) is 0 Å². The van der Waals surface area contributed by atoms with Gasteiger partial charge in [0.05, 0.1) is 0 Å². The number of rotatable bonds is 7. The molecule has 0 saturated carbocycles. The second-order valence-electron chi connectivity index (χ2n) is 5.59. The Bertz CT molecular complexity index is 578. The third-order valence-electron chi connectivity index (χ3n) is 3.80. The average Bonchev–Trinajstić information content (AvgIpc) is 2.48. The molecule has 2 aromatic rings. The minimum atomic E-state index is 0.776. The van der Waals surface area contributed by atoms with Crippen LogP contribution in [0.25, 0.3) is 0 Å². The molecule has 21 heavy (non-hydrogen) atoms. The number of alkyl halides is 1. The molecule has 0 bridgehead atoms. The number of halogens is 1. The fourth-order valence-electron chi connectivity index (χ4n) is 2.48. The van der Waals surface area contributed by atoms with Gasteiger partial charge in [0.2, 0.25) is 0 Å². The van der Waals surface area contributed by atoms with E-state index in [1.807, 2.05) is 0 Å². The van der Waals surface area contributed by atoms with Crippen LogP contribution in [0.2, 0.25) is 0 Å². The summed E-state index contributed by atoms with van der Waals surface area (Å²) in [4.78, 5) is 0. The van der Waals surface area contributed by atoms with Crippen molar-refractivity contribution >= 4 is 23.0 Å². The quantitative estimate of drug-likeness (QED) is 0.488. The minimum Gasteiger partial charge on any atom is -0.355 e. The van der Waals surface area contributed by atoms with Crippen LogP contribution in [0.15, 0.2) is 42.5 Å². The third-order valence-corrected chi connectivity index (χ3v) is 4.07. The summed E-state index contributed by atoms with van der Waals surface area (Å²) in [5.41, 5.74) is 6.34. The predicted molar refractivity (Wildman–Crippen MR) is 93.9 cm³/mol. The number of nitrogens with one attached hydrogen (secondary N) is 1. The lowest BCUT2D eigenvalue weighted by molar-refractivity contribution is 0.720. The molecule has 0 amide bonds. The van der Waals surface area contributed by atoms with E-state index in [-0.39, 0.29) is 0 Å². The maximum absolute atomic E-state index is 5.71. The first-order valence-electron chi connectivity index (χ1n) is 7.69. The summed E-state index contributed by atoms with van der Waals surface area (Å²) in [6.07, 6.45) is 4.69. The number of unbranched alkanes of at least 4 members (excludes halogenated alkanes) is 2. The molecule has 0 heterocycles. The van der Waals surface area contributed by atoms with E-state index in [1.54, 1.807) is 0 Å². The van der Waals surface area contributed by atoms with Crippen molar-refractivity contribution in [1.82, 2.24) is 0 Å². The zero-order chi connectivity index (χ0) is 15.1. The number of hydrogen-bond acceptors (Lipinski definition) is 1. The van der Waals surface area contributed by atoms with Crippen LogP contribution in [0.5, 0.6) is 0 Å². The van der Waals surface area contributed by atoms with Gasteiger partial charge in [-0.3, -0.25) is 0 Å². The lowest BCUT2D eigenvalue weighted by Gasteiger charge is -2.13. The fraction of sp³-hybridized carbons (Fsp3) is 0.368. The second-order valence-corrected chi connectivity index (χ2v) is 5.97. The van der Waals surface area contributed by atoms with E-state index in [0.29, 0.717) is 0 Å². The standard InChI is InChI=1S/C19H24ClN/c1-15-8-5-6-10-18(15)21-19-12-11-17(14-16(19)2)9-4-3-7-13-20/h5-6,8,10-12,14,21H,3-4,7,9,13H2,1-2H3. The van der Waals surface area contributed by atoms with Crippen molar-refractivity contribution in [2.75, 3.05) is 11.2 Å². The maximum Gasteiger partial charge on any atom is 0.0414 e. The molecule has 0 radical (unpaired) electrons. The second kappa shape index (κ2) is 8.09. The first-order chi connectivity index (χ1) is 10.2. The summed E-state index contributed by atoms with van der Waals surface area (Å²) >= 11 is 5.71. The monoisotopic (exact) mass is 301 g/mol. The molecule has 0 aromatic heterocycles. The molecular weight excluding hydrogens is 278 g/mol. The fourth-order valence-corrected chi connectivity index (χ4v) is 2.67. The van der Waals surface area contributed by atoms with E-state index >= 15 is 0 Å². The van der Waals surface area contributed by atoms with Crippen LogP contribution in [-0.4, -0.2) is 5.88 Å². The molecule has 0 aliphatic carbocycles. The van der Waals surface area contributed by atoms with Crippen LogP contribution >= 0.6 is 11.6 Å². The Balaban J connectivity index is 2.01. The molecule has 0 aliphatic heterocycles. The molecule has 2 heteroatoms. The molecule has 1 N–H and O–H groups in total. The molecule has 0 spiro atoms. The Kier molecular flexibility index (Phi) is 6.13. The molecule has 1 nitrogen and oxygen atoms in total. The summed E-state index contributed by atoms with van der Waals surface area (Å²) in [7, 11) is 0. The number of hydrogen-bond donors (Lipinski definition) is 1. The van der Waals surface area contributed by atoms with Gasteiger partial charge in [0.25, 0.3) is 0 Å². The van der Waals surface area contributed by atoms with E-state index in [9.17, 15) is 0 Å². The number of benzene rings is 2. The lowest BCUT2D eigenvalue weighted by atomic mass is 10.0. The van der Waals surface area contributed by atoms with E-state index in [0.717, 1.165) is 18.7 Å². The molecule has 2 aromatic carbocycles. The molecule has 2 rings (SSSR count). The van der Waals surface area contributed by atoms with E-state index < -0.39 is 0 Å². The average molecular weight is 302 g/mol. The predicted octanol–water partition coefficient (Wildman–Crippen LogP) is 6.00. The van der Waals surface area contributed by atoms with E-state index in [2.05, 4.69) is 61.6 Å². The van der Waals surface area contributed by atoms with Crippen LogP contribution in [0.4, 0.5) is 11.4 Å². The Morgan fingerprint density at radius 1 is 0.857 bits per heavy atom. The highest BCUT2D eigenvalue weighted by atomic mass is 35.5. The normalized spacial score (nSPS) is 10.6. The van der Waals surface area contributed by atoms with Crippen LogP contribution in [0.3, 0.4) is 0 Å². The Morgan fingerprint density at radius 3 is 2.33 bits per heavy atom. The SMILES string of the molecule is Cc1ccccc1Nc1ccc(CCCCCCl)cc1C. The molecule has 0 fully saturated rings. The molecule has 0 aliphatic rings. The Morgan fingerprint density at radius 2 is 1.62 bits per heavy atom. The van der Waals surface area contributed by atoms with Crippen molar-refractivity contribution in [3.05, 3.63) is 59.2 Å². The molecule has 0 unspecified atom stereocenters. The third kappa shape index (κ3) is 4.78. The highest BCUT2D eigenvalue weighted by Gasteiger charge is 2.03. The van der Waals surface area contributed by atoms with Gasteiger partial charge in [-0.05, 0) is 61.9 Å². The highest BCUT2D eigenvalue weighted by Crippen LogP contribution is 2.24. The number of para-hydroxylation sites is 1. The molecule has 112 valence electrons. The van der Waals surface area contributed by atoms with Crippen LogP contribution in [0, 0.1) is 13.8 Å². The number of anilines is 2. The molecule has 0 saturated heterocycles. The first-order valence-corrected chi connectivity index (χ1v) is 8.22. The molecule has 0 atom stereocenters. The van der Waals surface area contributed by atoms with Gasteiger partial charge in [0.1, 0.15) is 0 Å². The van der Waals surface area contributed by atoms with Crippen molar-refractivity contribution in [3.63, 3.8) is 0 Å². The largest absolute Gasteiger partial charge is 0.355 e. The van der Waals surface area contributed by atoms with Gasteiger partial charge in [-0.2, -0.15) is 0 Å². The smallest absolute Gasteiger partial charge is 0.0414 e. The molecular formula is C19H24ClN. The first kappa shape index (κ1) is 15.9. The maximum atomic E-state index is 5.71. The Hall–Kier alpha value is -1.47. The van der Waals surface area contributed by atoms with E-state index in [1.165, 1.54) is 40.9 Å². The van der Waals surface area contributed by atoms with Crippen LogP contribution < -0.4 is 5.32 Å². The van der Waals surface area contributed by atoms with Gasteiger partial charge >= 0.3 is 0 Å². The summed E-state index contributed by atoms with van der Waals surface area (Å²) in [6.45, 7) is 4.30. The van der Waals surface area contributed by atoms with E-state index in [4.69, 9.17) is 11.6 Å². The van der Waals surface area contributed by atoms with Crippen molar-refractivity contribution < 1.29 is 0 Å². The zero-order valence-electron chi connectivity index (χ0n) is 13.0. The van der Waals surface area contributed by atoms with Gasteiger partial charge in [0.15, 0.2) is 0 Å². The van der Waals surface area contributed by atoms with Crippen LogP contribution in [-0.2, 0) is 6.42 Å². The minimum absolute atomic E-state index is 0.776. The van der Waals surface area contributed by atoms with Crippen LogP contribution in [0.1, 0.15) is 36.0 Å². The zero-order valence-corrected chi connectivity index (χ0v) is 13.7. The van der Waals surface area contributed by atoms with Gasteiger partial charge in [-0.1, -0.05) is 36.8 Å².